The van der Waals surface area contributed by atoms with Gasteiger partial charge in [-0.3, -0.25) is 19.8 Å². The van der Waals surface area contributed by atoms with E-state index in [0.29, 0.717) is 17.0 Å². The minimum absolute atomic E-state index is 0.0163. The Kier molecular flexibility index (Phi) is 6.28. The largest absolute Gasteiger partial charge is 0.496 e. The van der Waals surface area contributed by atoms with Crippen LogP contribution in [0.5, 0.6) is 5.75 Å². The molecule has 2 aromatic carbocycles. The molecule has 0 aliphatic carbocycles. The van der Waals surface area contributed by atoms with Gasteiger partial charge in [-0.25, -0.2) is 0 Å². The molecule has 4 rings (SSSR count). The van der Waals surface area contributed by atoms with Gasteiger partial charge < -0.3 is 9.64 Å². The van der Waals surface area contributed by atoms with E-state index in [0.717, 1.165) is 29.9 Å². The number of hydrogen-bond donors (Lipinski definition) is 1. The summed E-state index contributed by atoms with van der Waals surface area (Å²) in [6, 6.07) is 11.6. The highest BCUT2D eigenvalue weighted by Gasteiger charge is 2.35. The number of thiocarbonyl (C=S) groups is 1. The minimum Gasteiger partial charge on any atom is -0.496 e. The predicted octanol–water partition coefficient (Wildman–Crippen LogP) is 4.13. The lowest BCUT2D eigenvalue weighted by atomic mass is 10.0. The first-order valence-corrected chi connectivity index (χ1v) is 11.2. The summed E-state index contributed by atoms with van der Waals surface area (Å²) in [6.07, 6.45) is 5.19. The molecule has 0 unspecified atom stereocenters. The molecule has 0 aromatic heterocycles. The van der Waals surface area contributed by atoms with Crippen molar-refractivity contribution in [1.82, 2.24) is 5.32 Å². The van der Waals surface area contributed by atoms with Gasteiger partial charge in [0, 0.05) is 30.4 Å². The Morgan fingerprint density at radius 1 is 1.03 bits per heavy atom. The Bertz CT molecular complexity index is 1120. The highest BCUT2D eigenvalue weighted by molar-refractivity contribution is 7.80. The van der Waals surface area contributed by atoms with Gasteiger partial charge in [0.05, 0.1) is 12.8 Å². The second kappa shape index (κ2) is 9.12. The van der Waals surface area contributed by atoms with E-state index < -0.39 is 11.8 Å². The van der Waals surface area contributed by atoms with E-state index in [-0.39, 0.29) is 10.7 Å². The van der Waals surface area contributed by atoms with E-state index in [2.05, 4.69) is 10.2 Å². The van der Waals surface area contributed by atoms with Gasteiger partial charge in [-0.1, -0.05) is 17.7 Å². The van der Waals surface area contributed by atoms with Crippen LogP contribution in [0.2, 0.25) is 0 Å². The number of rotatable bonds is 4. The maximum atomic E-state index is 13.4. The van der Waals surface area contributed by atoms with Crippen LogP contribution in [0.4, 0.5) is 11.4 Å². The molecule has 2 amide bonds. The molecular weight excluding hydrogens is 422 g/mol. The average molecular weight is 450 g/mol. The summed E-state index contributed by atoms with van der Waals surface area (Å²) in [5, 5.41) is 2.73. The number of hydrogen-bond acceptors (Lipinski definition) is 5. The van der Waals surface area contributed by atoms with Gasteiger partial charge in [-0.15, -0.1) is 0 Å². The van der Waals surface area contributed by atoms with Crippen LogP contribution in [-0.4, -0.2) is 37.1 Å². The van der Waals surface area contributed by atoms with Gasteiger partial charge in [-0.05, 0) is 75.2 Å². The fraction of sp³-hybridized carbons (Fsp3) is 0.320. The Hall–Kier alpha value is -3.19. The monoisotopic (exact) mass is 449 g/mol. The molecule has 2 saturated heterocycles. The quantitative estimate of drug-likeness (QED) is 0.432. The van der Waals surface area contributed by atoms with Gasteiger partial charge in [0.1, 0.15) is 11.3 Å². The first kappa shape index (κ1) is 22.0. The fourth-order valence-corrected chi connectivity index (χ4v) is 4.53. The van der Waals surface area contributed by atoms with Crippen molar-refractivity contribution in [3.63, 3.8) is 0 Å². The van der Waals surface area contributed by atoms with Crippen molar-refractivity contribution in [2.75, 3.05) is 30.0 Å². The zero-order valence-corrected chi connectivity index (χ0v) is 19.4. The highest BCUT2D eigenvalue weighted by atomic mass is 32.1. The number of carbonyl (C=O) groups is 2. The van der Waals surface area contributed by atoms with Crippen molar-refractivity contribution < 1.29 is 14.3 Å². The number of anilines is 2. The lowest BCUT2D eigenvalue weighted by Crippen LogP contribution is -2.54. The Balaban J connectivity index is 1.69. The summed E-state index contributed by atoms with van der Waals surface area (Å²) in [4.78, 5) is 29.8. The molecule has 6 nitrogen and oxygen atoms in total. The molecule has 2 fully saturated rings. The zero-order valence-electron chi connectivity index (χ0n) is 18.6. The summed E-state index contributed by atoms with van der Waals surface area (Å²) in [5.74, 6) is -0.344. The van der Waals surface area contributed by atoms with Crippen molar-refractivity contribution in [2.45, 2.75) is 33.1 Å². The van der Waals surface area contributed by atoms with Crippen molar-refractivity contribution >= 4 is 46.6 Å². The smallest absolute Gasteiger partial charge is 0.270 e. The molecule has 2 aliphatic rings. The number of ether oxygens (including phenoxy) is 1. The first-order valence-electron chi connectivity index (χ1n) is 10.8. The van der Waals surface area contributed by atoms with Gasteiger partial charge in [-0.2, -0.15) is 0 Å². The molecule has 2 aliphatic heterocycles. The second-order valence-corrected chi connectivity index (χ2v) is 8.61. The fourth-order valence-electron chi connectivity index (χ4n) is 4.26. The van der Waals surface area contributed by atoms with Crippen molar-refractivity contribution in [3.8, 4) is 5.75 Å². The first-order chi connectivity index (χ1) is 15.4. The Labute approximate surface area is 193 Å². The number of piperidine rings is 1. The molecule has 2 aromatic rings. The molecular formula is C25H27N3O3S. The molecule has 0 atom stereocenters. The Morgan fingerprint density at radius 2 is 1.78 bits per heavy atom. The molecule has 0 spiro atoms. The number of nitrogens with one attached hydrogen (secondary N) is 1. The van der Waals surface area contributed by atoms with Crippen LogP contribution in [-0.2, 0) is 9.59 Å². The third kappa shape index (κ3) is 4.25. The van der Waals surface area contributed by atoms with Crippen LogP contribution in [0.25, 0.3) is 6.08 Å². The van der Waals surface area contributed by atoms with Crippen LogP contribution >= 0.6 is 12.2 Å². The van der Waals surface area contributed by atoms with E-state index in [9.17, 15) is 9.59 Å². The van der Waals surface area contributed by atoms with Crippen LogP contribution in [0, 0.1) is 13.8 Å². The van der Waals surface area contributed by atoms with Crippen molar-refractivity contribution in [3.05, 3.63) is 58.7 Å². The van der Waals surface area contributed by atoms with Gasteiger partial charge >= 0.3 is 0 Å². The van der Waals surface area contributed by atoms with E-state index in [4.69, 9.17) is 17.0 Å². The van der Waals surface area contributed by atoms with E-state index in [1.807, 2.05) is 50.2 Å². The summed E-state index contributed by atoms with van der Waals surface area (Å²) in [6.45, 7) is 5.94. The average Bonchev–Trinajstić information content (AvgIpc) is 2.78. The lowest BCUT2D eigenvalue weighted by Gasteiger charge is -2.30. The molecule has 2 heterocycles. The number of nitrogens with zero attached hydrogens (tertiary/aromatic N) is 2. The molecule has 7 heteroatoms. The van der Waals surface area contributed by atoms with Crippen molar-refractivity contribution in [2.24, 2.45) is 0 Å². The standard InChI is InChI=1S/C25H27N3O3S/c1-16-7-10-21(17(2)13-16)28-24(30)20(23(29)26-25(28)32)14-18-8-9-19(15-22(18)31-3)27-11-5-4-6-12-27/h7-10,13-15H,4-6,11-12H2,1-3H3,(H,26,29,32)/b20-14+. The van der Waals surface area contributed by atoms with E-state index >= 15 is 0 Å². The topological polar surface area (TPSA) is 61.9 Å². The maximum Gasteiger partial charge on any atom is 0.270 e. The minimum atomic E-state index is -0.511. The molecule has 32 heavy (non-hydrogen) atoms. The van der Waals surface area contributed by atoms with Crippen LogP contribution in [0.3, 0.4) is 0 Å². The van der Waals surface area contributed by atoms with Crippen LogP contribution in [0.15, 0.2) is 42.0 Å². The molecule has 0 radical (unpaired) electrons. The zero-order chi connectivity index (χ0) is 22.8. The number of methoxy groups -OCH3 is 1. The van der Waals surface area contributed by atoms with Crippen LogP contribution < -0.4 is 19.9 Å². The maximum absolute atomic E-state index is 13.4. The third-order valence-electron chi connectivity index (χ3n) is 5.93. The van der Waals surface area contributed by atoms with E-state index in [1.165, 1.54) is 24.2 Å². The molecule has 0 bridgehead atoms. The summed E-state index contributed by atoms with van der Waals surface area (Å²) >= 11 is 5.33. The van der Waals surface area contributed by atoms with Gasteiger partial charge in [0.15, 0.2) is 5.11 Å². The summed E-state index contributed by atoms with van der Waals surface area (Å²) in [7, 11) is 1.59. The van der Waals surface area contributed by atoms with Gasteiger partial charge in [0.2, 0.25) is 0 Å². The highest BCUT2D eigenvalue weighted by Crippen LogP contribution is 2.31. The van der Waals surface area contributed by atoms with Crippen LogP contribution in [0.1, 0.15) is 36.0 Å². The second-order valence-electron chi connectivity index (χ2n) is 8.22. The number of amides is 2. The molecule has 166 valence electrons. The molecule has 1 N–H and O–H groups in total. The van der Waals surface area contributed by atoms with E-state index in [1.54, 1.807) is 13.2 Å². The number of carbonyl (C=O) groups excluding carboxylic acids is 2. The number of aryl methyl sites for hydroxylation is 2. The van der Waals surface area contributed by atoms with Crippen molar-refractivity contribution in [1.29, 1.82) is 0 Å². The summed E-state index contributed by atoms with van der Waals surface area (Å²) in [5.41, 5.74) is 4.41. The lowest BCUT2D eigenvalue weighted by molar-refractivity contribution is -0.122. The SMILES string of the molecule is COc1cc(N2CCCCC2)ccc1/C=C1\C(=O)NC(=S)N(c2ccc(C)cc2C)C1=O. The summed E-state index contributed by atoms with van der Waals surface area (Å²) < 4.78 is 5.60. The normalized spacial score (nSPS) is 18.2. The van der Waals surface area contributed by atoms with Gasteiger partial charge in [0.25, 0.3) is 11.8 Å². The predicted molar refractivity (Wildman–Crippen MR) is 131 cm³/mol. The Morgan fingerprint density at radius 3 is 2.47 bits per heavy atom. The molecule has 0 saturated carbocycles. The third-order valence-corrected chi connectivity index (χ3v) is 6.22. The number of benzene rings is 2.